The molecule has 1 N–H and O–H groups in total. The zero-order valence-corrected chi connectivity index (χ0v) is 15.8. The van der Waals surface area contributed by atoms with Crippen LogP contribution in [0.4, 0.5) is 5.69 Å². The molecule has 0 saturated carbocycles. The number of hydrogen-bond donors (Lipinski definition) is 1. The summed E-state index contributed by atoms with van der Waals surface area (Å²) in [6.45, 7) is 4.67. The van der Waals surface area contributed by atoms with E-state index < -0.39 is 0 Å². The Morgan fingerprint density at radius 3 is 2.60 bits per heavy atom. The molecule has 1 heterocycles. The lowest BCUT2D eigenvalue weighted by Gasteiger charge is -2.36. The molecule has 132 valence electrons. The highest BCUT2D eigenvalue weighted by molar-refractivity contribution is 7.80. The van der Waals surface area contributed by atoms with Gasteiger partial charge in [-0.25, -0.2) is 0 Å². The van der Waals surface area contributed by atoms with Gasteiger partial charge in [-0.2, -0.15) is 0 Å². The monoisotopic (exact) mass is 375 g/mol. The third-order valence-corrected chi connectivity index (χ3v) is 4.90. The average molecular weight is 376 g/mol. The van der Waals surface area contributed by atoms with Crippen molar-refractivity contribution >= 4 is 34.6 Å². The van der Waals surface area contributed by atoms with Gasteiger partial charge in [0.25, 0.3) is 0 Å². The van der Waals surface area contributed by atoms with E-state index in [2.05, 4.69) is 21.2 Å². The van der Waals surface area contributed by atoms with Gasteiger partial charge in [-0.1, -0.05) is 35.9 Å². The van der Waals surface area contributed by atoms with Crippen LogP contribution < -0.4 is 10.1 Å². The Labute approximate surface area is 159 Å². The van der Waals surface area contributed by atoms with Gasteiger partial charge in [0, 0.05) is 37.7 Å². The van der Waals surface area contributed by atoms with E-state index in [1.54, 1.807) is 7.11 Å². The molecular formula is C19H22ClN3OS. The second kappa shape index (κ2) is 8.52. The van der Waals surface area contributed by atoms with Gasteiger partial charge >= 0.3 is 0 Å². The molecule has 0 amide bonds. The molecule has 0 bridgehead atoms. The first kappa shape index (κ1) is 18.0. The fraction of sp³-hybridized carbons (Fsp3) is 0.316. The lowest BCUT2D eigenvalue weighted by molar-refractivity contribution is 0.177. The number of benzene rings is 2. The van der Waals surface area contributed by atoms with Gasteiger partial charge < -0.3 is 15.0 Å². The van der Waals surface area contributed by atoms with Crippen molar-refractivity contribution in [2.75, 3.05) is 38.6 Å². The maximum Gasteiger partial charge on any atom is 0.173 e. The lowest BCUT2D eigenvalue weighted by atomic mass is 10.2. The van der Waals surface area contributed by atoms with E-state index in [1.807, 2.05) is 42.5 Å². The minimum Gasteiger partial charge on any atom is -0.495 e. The molecule has 6 heteroatoms. The minimum atomic E-state index is 0.743. The maximum atomic E-state index is 6.07. The number of anilines is 1. The van der Waals surface area contributed by atoms with Crippen molar-refractivity contribution in [1.82, 2.24) is 9.80 Å². The number of piperazine rings is 1. The molecule has 1 saturated heterocycles. The number of methoxy groups -OCH3 is 1. The Balaban J connectivity index is 1.52. The molecule has 0 atom stereocenters. The highest BCUT2D eigenvalue weighted by atomic mass is 35.5. The van der Waals surface area contributed by atoms with Crippen LogP contribution in [0.25, 0.3) is 0 Å². The second-order valence-electron chi connectivity index (χ2n) is 6.02. The molecule has 0 unspecified atom stereocenters. The van der Waals surface area contributed by atoms with E-state index in [0.717, 1.165) is 54.3 Å². The standard InChI is InChI=1S/C19H22ClN3OS/c1-24-18-8-3-2-7-17(18)21-19(25)23-11-9-22(10-12-23)14-15-5-4-6-16(20)13-15/h2-8,13H,9-12,14H2,1H3,(H,21,25). The summed E-state index contributed by atoms with van der Waals surface area (Å²) in [5.41, 5.74) is 2.15. The predicted molar refractivity (Wildman–Crippen MR) is 108 cm³/mol. The van der Waals surface area contributed by atoms with Gasteiger partial charge in [0.15, 0.2) is 5.11 Å². The second-order valence-corrected chi connectivity index (χ2v) is 6.85. The maximum absolute atomic E-state index is 6.07. The molecule has 4 nitrogen and oxygen atoms in total. The Morgan fingerprint density at radius 1 is 1.12 bits per heavy atom. The number of halogens is 1. The van der Waals surface area contributed by atoms with Crippen molar-refractivity contribution in [3.8, 4) is 5.75 Å². The first-order valence-corrected chi connectivity index (χ1v) is 9.10. The molecule has 3 rings (SSSR count). The third-order valence-electron chi connectivity index (χ3n) is 4.30. The number of para-hydroxylation sites is 2. The van der Waals surface area contributed by atoms with Crippen LogP contribution in [0.2, 0.25) is 5.02 Å². The fourth-order valence-corrected chi connectivity index (χ4v) is 3.45. The topological polar surface area (TPSA) is 27.7 Å². The fourth-order valence-electron chi connectivity index (χ4n) is 2.94. The van der Waals surface area contributed by atoms with Crippen LogP contribution in [0.5, 0.6) is 5.75 Å². The summed E-state index contributed by atoms with van der Waals surface area (Å²) in [4.78, 5) is 4.63. The van der Waals surface area contributed by atoms with Gasteiger partial charge in [0.1, 0.15) is 5.75 Å². The van der Waals surface area contributed by atoms with Crippen LogP contribution in [0.15, 0.2) is 48.5 Å². The van der Waals surface area contributed by atoms with Crippen LogP contribution in [-0.4, -0.2) is 48.2 Å². The zero-order chi connectivity index (χ0) is 17.6. The van der Waals surface area contributed by atoms with Crippen molar-refractivity contribution < 1.29 is 4.74 Å². The van der Waals surface area contributed by atoms with Gasteiger partial charge in [0.2, 0.25) is 0 Å². The lowest BCUT2D eigenvalue weighted by Crippen LogP contribution is -2.49. The summed E-state index contributed by atoms with van der Waals surface area (Å²) < 4.78 is 5.37. The molecule has 0 spiro atoms. The van der Waals surface area contributed by atoms with E-state index in [4.69, 9.17) is 28.6 Å². The number of nitrogens with one attached hydrogen (secondary N) is 1. The smallest absolute Gasteiger partial charge is 0.173 e. The number of nitrogens with zero attached hydrogens (tertiary/aromatic N) is 2. The third kappa shape index (κ3) is 4.84. The summed E-state index contributed by atoms with van der Waals surface area (Å²) in [5, 5.41) is 4.83. The van der Waals surface area contributed by atoms with Gasteiger partial charge in [0.05, 0.1) is 12.8 Å². The molecule has 2 aromatic carbocycles. The van der Waals surface area contributed by atoms with E-state index in [0.29, 0.717) is 0 Å². The van der Waals surface area contributed by atoms with Crippen molar-refractivity contribution in [3.05, 3.63) is 59.1 Å². The molecule has 0 radical (unpaired) electrons. The molecule has 0 aliphatic carbocycles. The normalized spacial score (nSPS) is 15.0. The number of hydrogen-bond acceptors (Lipinski definition) is 3. The van der Waals surface area contributed by atoms with Gasteiger partial charge in [-0.3, -0.25) is 4.90 Å². The first-order chi connectivity index (χ1) is 12.2. The SMILES string of the molecule is COc1ccccc1NC(=S)N1CCN(Cc2cccc(Cl)c2)CC1. The Morgan fingerprint density at radius 2 is 1.88 bits per heavy atom. The highest BCUT2D eigenvalue weighted by Gasteiger charge is 2.19. The van der Waals surface area contributed by atoms with Crippen LogP contribution in [-0.2, 0) is 6.54 Å². The Hall–Kier alpha value is -1.82. The molecule has 2 aromatic rings. The summed E-state index contributed by atoms with van der Waals surface area (Å²) in [6, 6.07) is 15.9. The number of rotatable bonds is 4. The number of ether oxygens (including phenoxy) is 1. The molecule has 1 aliphatic rings. The van der Waals surface area contributed by atoms with E-state index in [9.17, 15) is 0 Å². The van der Waals surface area contributed by atoms with Crippen molar-refractivity contribution in [2.24, 2.45) is 0 Å². The summed E-state index contributed by atoms with van der Waals surface area (Å²) in [6.07, 6.45) is 0. The predicted octanol–water partition coefficient (Wildman–Crippen LogP) is 3.86. The summed E-state index contributed by atoms with van der Waals surface area (Å²) in [5.74, 6) is 0.796. The zero-order valence-electron chi connectivity index (χ0n) is 14.2. The average Bonchev–Trinajstić information content (AvgIpc) is 2.63. The van der Waals surface area contributed by atoms with Crippen molar-refractivity contribution in [3.63, 3.8) is 0 Å². The quantitative estimate of drug-likeness (QED) is 0.819. The van der Waals surface area contributed by atoms with Crippen molar-refractivity contribution in [2.45, 2.75) is 6.54 Å². The highest BCUT2D eigenvalue weighted by Crippen LogP contribution is 2.23. The van der Waals surface area contributed by atoms with E-state index >= 15 is 0 Å². The Bertz CT molecular complexity index is 732. The van der Waals surface area contributed by atoms with E-state index in [-0.39, 0.29) is 0 Å². The molecular weight excluding hydrogens is 354 g/mol. The number of thiocarbonyl (C=S) groups is 1. The first-order valence-electron chi connectivity index (χ1n) is 8.31. The van der Waals surface area contributed by atoms with Crippen LogP contribution >= 0.6 is 23.8 Å². The van der Waals surface area contributed by atoms with E-state index in [1.165, 1.54) is 5.56 Å². The summed E-state index contributed by atoms with van der Waals surface area (Å²) >= 11 is 11.6. The minimum absolute atomic E-state index is 0.743. The van der Waals surface area contributed by atoms with Crippen LogP contribution in [0, 0.1) is 0 Å². The molecule has 1 aliphatic heterocycles. The molecule has 25 heavy (non-hydrogen) atoms. The Kier molecular flexibility index (Phi) is 6.13. The van der Waals surface area contributed by atoms with Crippen LogP contribution in [0.3, 0.4) is 0 Å². The van der Waals surface area contributed by atoms with Gasteiger partial charge in [-0.05, 0) is 42.0 Å². The largest absolute Gasteiger partial charge is 0.495 e. The molecule has 0 aromatic heterocycles. The molecule has 1 fully saturated rings. The van der Waals surface area contributed by atoms with Crippen molar-refractivity contribution in [1.29, 1.82) is 0 Å². The van der Waals surface area contributed by atoms with Gasteiger partial charge in [-0.15, -0.1) is 0 Å². The summed E-state index contributed by atoms with van der Waals surface area (Å²) in [7, 11) is 1.66. The van der Waals surface area contributed by atoms with Crippen LogP contribution in [0.1, 0.15) is 5.56 Å².